The molecule has 1 aliphatic rings. The molecule has 3 aromatic rings. The molecule has 1 unspecified atom stereocenters. The van der Waals surface area contributed by atoms with Crippen molar-refractivity contribution in [1.82, 2.24) is 19.8 Å². The van der Waals surface area contributed by atoms with Crippen LogP contribution in [0.15, 0.2) is 53.5 Å². The molecule has 2 aromatic heterocycles. The molecule has 1 N–H and O–H groups in total. The first-order valence-corrected chi connectivity index (χ1v) is 11.2. The zero-order valence-corrected chi connectivity index (χ0v) is 17.8. The molecule has 0 radical (unpaired) electrons. The fourth-order valence-corrected chi connectivity index (χ4v) is 4.58. The van der Waals surface area contributed by atoms with Crippen molar-refractivity contribution in [2.45, 2.75) is 25.6 Å². The van der Waals surface area contributed by atoms with Gasteiger partial charge < -0.3 is 5.11 Å². The Balaban J connectivity index is 1.37. The van der Waals surface area contributed by atoms with E-state index in [1.807, 2.05) is 36.7 Å². The normalized spacial score (nSPS) is 18.2. The third kappa shape index (κ3) is 5.41. The lowest BCUT2D eigenvalue weighted by Gasteiger charge is -2.41. The first kappa shape index (κ1) is 20.4. The summed E-state index contributed by atoms with van der Waals surface area (Å²) in [7, 11) is 0. The van der Waals surface area contributed by atoms with E-state index in [9.17, 15) is 5.11 Å². The highest BCUT2D eigenvalue weighted by atomic mass is 35.5. The van der Waals surface area contributed by atoms with Gasteiger partial charge in [-0.1, -0.05) is 11.6 Å². The third-order valence-electron chi connectivity index (χ3n) is 5.33. The highest BCUT2D eigenvalue weighted by Crippen LogP contribution is 2.21. The van der Waals surface area contributed by atoms with Gasteiger partial charge in [0.25, 0.3) is 0 Å². The molecular formula is C22H25ClN4OS. The number of halogens is 1. The Hall–Kier alpha value is -1.83. The second kappa shape index (κ2) is 9.78. The SMILES string of the molecule is OCCC1CN(Cc2cnc(-c3ccc(Cl)cc3)nc2)CCN1Cc1ccsc1. The lowest BCUT2D eigenvalue weighted by Crippen LogP contribution is -2.52. The van der Waals surface area contributed by atoms with Crippen molar-refractivity contribution in [2.24, 2.45) is 0 Å². The molecule has 4 rings (SSSR count). The van der Waals surface area contributed by atoms with Crippen molar-refractivity contribution in [1.29, 1.82) is 0 Å². The van der Waals surface area contributed by atoms with E-state index in [1.165, 1.54) is 5.56 Å². The molecule has 29 heavy (non-hydrogen) atoms. The number of hydrogen-bond acceptors (Lipinski definition) is 6. The predicted octanol–water partition coefficient (Wildman–Crippen LogP) is 3.93. The van der Waals surface area contributed by atoms with Gasteiger partial charge in [0, 0.05) is 73.9 Å². The maximum Gasteiger partial charge on any atom is 0.159 e. The summed E-state index contributed by atoms with van der Waals surface area (Å²) in [6.45, 7) is 4.96. The summed E-state index contributed by atoms with van der Waals surface area (Å²) in [4.78, 5) is 14.0. The van der Waals surface area contributed by atoms with Crippen molar-refractivity contribution >= 4 is 22.9 Å². The summed E-state index contributed by atoms with van der Waals surface area (Å²) in [5.41, 5.74) is 3.43. The lowest BCUT2D eigenvalue weighted by atomic mass is 10.1. The Morgan fingerprint density at radius 2 is 1.83 bits per heavy atom. The van der Waals surface area contributed by atoms with Gasteiger partial charge in [-0.3, -0.25) is 9.80 Å². The Kier molecular flexibility index (Phi) is 6.90. The average molecular weight is 429 g/mol. The van der Waals surface area contributed by atoms with Crippen LogP contribution in [0.5, 0.6) is 0 Å². The number of aromatic nitrogens is 2. The number of thiophene rings is 1. The zero-order valence-electron chi connectivity index (χ0n) is 16.2. The number of piperazine rings is 1. The Labute approximate surface area is 180 Å². The topological polar surface area (TPSA) is 52.5 Å². The van der Waals surface area contributed by atoms with Crippen LogP contribution < -0.4 is 0 Å². The van der Waals surface area contributed by atoms with E-state index in [0.29, 0.717) is 16.9 Å². The van der Waals surface area contributed by atoms with Gasteiger partial charge in [0.05, 0.1) is 0 Å². The van der Waals surface area contributed by atoms with E-state index < -0.39 is 0 Å². The fourth-order valence-electron chi connectivity index (χ4n) is 3.79. The summed E-state index contributed by atoms with van der Waals surface area (Å²) in [5.74, 6) is 0.712. The Bertz CT molecular complexity index is 886. The molecule has 1 aromatic carbocycles. The first-order chi connectivity index (χ1) is 14.2. The van der Waals surface area contributed by atoms with Gasteiger partial charge in [0.15, 0.2) is 5.82 Å². The molecule has 3 heterocycles. The van der Waals surface area contributed by atoms with Crippen molar-refractivity contribution in [3.05, 3.63) is 69.6 Å². The van der Waals surface area contributed by atoms with Crippen molar-refractivity contribution in [2.75, 3.05) is 26.2 Å². The minimum atomic E-state index is 0.220. The monoisotopic (exact) mass is 428 g/mol. The van der Waals surface area contributed by atoms with E-state index in [4.69, 9.17) is 11.6 Å². The van der Waals surface area contributed by atoms with Gasteiger partial charge in [-0.05, 0) is 53.1 Å². The smallest absolute Gasteiger partial charge is 0.159 e. The van der Waals surface area contributed by atoms with E-state index in [0.717, 1.165) is 50.3 Å². The average Bonchev–Trinajstić information content (AvgIpc) is 3.25. The molecule has 152 valence electrons. The number of aliphatic hydroxyl groups is 1. The molecule has 1 atom stereocenters. The summed E-state index contributed by atoms with van der Waals surface area (Å²) >= 11 is 7.69. The van der Waals surface area contributed by atoms with Gasteiger partial charge >= 0.3 is 0 Å². The van der Waals surface area contributed by atoms with Crippen LogP contribution >= 0.6 is 22.9 Å². The second-order valence-electron chi connectivity index (χ2n) is 7.43. The fraction of sp³-hybridized carbons (Fsp3) is 0.364. The second-order valence-corrected chi connectivity index (χ2v) is 8.64. The minimum absolute atomic E-state index is 0.220. The number of nitrogens with zero attached hydrogens (tertiary/aromatic N) is 4. The molecule has 1 saturated heterocycles. The van der Waals surface area contributed by atoms with Crippen LogP contribution in [0.1, 0.15) is 17.5 Å². The van der Waals surface area contributed by atoms with Gasteiger partial charge in [0.1, 0.15) is 0 Å². The van der Waals surface area contributed by atoms with Crippen molar-refractivity contribution < 1.29 is 5.11 Å². The van der Waals surface area contributed by atoms with E-state index in [2.05, 4.69) is 36.6 Å². The molecule has 1 aliphatic heterocycles. The lowest BCUT2D eigenvalue weighted by molar-refractivity contribution is 0.0500. The van der Waals surface area contributed by atoms with E-state index >= 15 is 0 Å². The van der Waals surface area contributed by atoms with Crippen molar-refractivity contribution in [3.8, 4) is 11.4 Å². The first-order valence-electron chi connectivity index (χ1n) is 9.86. The molecule has 1 fully saturated rings. The Morgan fingerprint density at radius 1 is 1.03 bits per heavy atom. The van der Waals surface area contributed by atoms with Crippen LogP contribution in [0.4, 0.5) is 0 Å². The number of hydrogen-bond donors (Lipinski definition) is 1. The maximum atomic E-state index is 9.52. The number of aliphatic hydroxyl groups excluding tert-OH is 1. The quantitative estimate of drug-likeness (QED) is 0.618. The van der Waals surface area contributed by atoms with Crippen molar-refractivity contribution in [3.63, 3.8) is 0 Å². The molecule has 0 amide bonds. The molecule has 5 nitrogen and oxygen atoms in total. The van der Waals surface area contributed by atoms with E-state index in [1.54, 1.807) is 11.3 Å². The molecule has 0 aliphatic carbocycles. The zero-order chi connectivity index (χ0) is 20.1. The number of rotatable bonds is 7. The highest BCUT2D eigenvalue weighted by molar-refractivity contribution is 7.07. The molecular weight excluding hydrogens is 404 g/mol. The van der Waals surface area contributed by atoms with Crippen LogP contribution in [0.2, 0.25) is 5.02 Å². The highest BCUT2D eigenvalue weighted by Gasteiger charge is 2.26. The molecule has 7 heteroatoms. The standard InChI is InChI=1S/C22H25ClN4OS/c23-20-3-1-19(2-4-20)22-24-11-18(12-25-22)13-26-7-8-27(21(15-26)5-9-28)14-17-6-10-29-16-17/h1-4,6,10-12,16,21,28H,5,7-9,13-15H2. The van der Waals surface area contributed by atoms with E-state index in [-0.39, 0.29) is 6.61 Å². The largest absolute Gasteiger partial charge is 0.396 e. The van der Waals surface area contributed by atoms with Gasteiger partial charge in [-0.25, -0.2) is 9.97 Å². The summed E-state index contributed by atoms with van der Waals surface area (Å²) in [6.07, 6.45) is 4.62. The maximum absolute atomic E-state index is 9.52. The Morgan fingerprint density at radius 3 is 2.52 bits per heavy atom. The van der Waals surface area contributed by atoms with Crippen LogP contribution in [0.3, 0.4) is 0 Å². The van der Waals surface area contributed by atoms with Gasteiger partial charge in [-0.15, -0.1) is 0 Å². The van der Waals surface area contributed by atoms with Crippen LogP contribution in [-0.4, -0.2) is 57.2 Å². The minimum Gasteiger partial charge on any atom is -0.396 e. The summed E-state index contributed by atoms with van der Waals surface area (Å²) < 4.78 is 0. The van der Waals surface area contributed by atoms with Crippen LogP contribution in [-0.2, 0) is 13.1 Å². The number of benzene rings is 1. The van der Waals surface area contributed by atoms with Crippen LogP contribution in [0, 0.1) is 0 Å². The van der Waals surface area contributed by atoms with Gasteiger partial charge in [-0.2, -0.15) is 11.3 Å². The molecule has 0 spiro atoms. The molecule has 0 bridgehead atoms. The van der Waals surface area contributed by atoms with Crippen LogP contribution in [0.25, 0.3) is 11.4 Å². The van der Waals surface area contributed by atoms with Gasteiger partial charge in [0.2, 0.25) is 0 Å². The summed E-state index contributed by atoms with van der Waals surface area (Å²) in [5, 5.41) is 14.6. The summed E-state index contributed by atoms with van der Waals surface area (Å²) in [6, 6.07) is 10.1. The third-order valence-corrected chi connectivity index (χ3v) is 6.31. The predicted molar refractivity (Wildman–Crippen MR) is 118 cm³/mol. The molecule has 0 saturated carbocycles.